The van der Waals surface area contributed by atoms with Gasteiger partial charge in [-0.05, 0) is 20.3 Å². The number of hydrogen-bond donors (Lipinski definition) is 1. The molecule has 6 nitrogen and oxygen atoms in total. The number of hydrogen-bond acceptors (Lipinski definition) is 3. The van der Waals surface area contributed by atoms with Crippen LogP contribution < -0.4 is 0 Å². The molecule has 0 aromatic heterocycles. The molecule has 1 amide bonds. The highest BCUT2D eigenvalue weighted by Crippen LogP contribution is 2.41. The Kier molecular flexibility index (Phi) is 2.86. The summed E-state index contributed by atoms with van der Waals surface area (Å²) in [7, 11) is -3.17. The Hall–Kier alpha value is -0.820. The summed E-state index contributed by atoms with van der Waals surface area (Å²) in [6.07, 6.45) is -0.143. The molecule has 0 saturated carbocycles. The molecule has 2 rings (SSSR count). The Labute approximate surface area is 101 Å². The Morgan fingerprint density at radius 3 is 2.29 bits per heavy atom. The largest absolute Gasteiger partial charge is 0.465 e. The van der Waals surface area contributed by atoms with Gasteiger partial charge in [-0.1, -0.05) is 0 Å². The molecule has 2 fully saturated rings. The van der Waals surface area contributed by atoms with Gasteiger partial charge in [0.15, 0.2) is 0 Å². The zero-order valence-corrected chi connectivity index (χ0v) is 10.9. The highest BCUT2D eigenvalue weighted by molar-refractivity contribution is 7.89. The van der Waals surface area contributed by atoms with Crippen molar-refractivity contribution in [2.24, 2.45) is 5.41 Å². The van der Waals surface area contributed by atoms with E-state index in [1.54, 1.807) is 13.8 Å². The lowest BCUT2D eigenvalue weighted by molar-refractivity contribution is 0.0755. The predicted octanol–water partition coefficient (Wildman–Crippen LogP) is 0.410. The fourth-order valence-electron chi connectivity index (χ4n) is 2.54. The minimum atomic E-state index is -3.17. The topological polar surface area (TPSA) is 77.9 Å². The second-order valence-corrected chi connectivity index (χ2v) is 7.81. The summed E-state index contributed by atoms with van der Waals surface area (Å²) in [5.74, 6) is 0. The average molecular weight is 262 g/mol. The predicted molar refractivity (Wildman–Crippen MR) is 62.3 cm³/mol. The Bertz CT molecular complexity index is 426. The van der Waals surface area contributed by atoms with Gasteiger partial charge in [0, 0.05) is 31.6 Å². The second kappa shape index (κ2) is 3.84. The number of carbonyl (C=O) groups is 1. The van der Waals surface area contributed by atoms with Crippen molar-refractivity contribution in [3.05, 3.63) is 0 Å². The minimum absolute atomic E-state index is 0.125. The molecule has 7 heteroatoms. The smallest absolute Gasteiger partial charge is 0.407 e. The first-order chi connectivity index (χ1) is 7.77. The van der Waals surface area contributed by atoms with E-state index in [1.807, 2.05) is 0 Å². The van der Waals surface area contributed by atoms with Crippen LogP contribution >= 0.6 is 0 Å². The van der Waals surface area contributed by atoms with Crippen LogP contribution in [0.4, 0.5) is 4.79 Å². The van der Waals surface area contributed by atoms with Gasteiger partial charge < -0.3 is 10.0 Å². The molecule has 2 saturated heterocycles. The van der Waals surface area contributed by atoms with Gasteiger partial charge in [0.1, 0.15) is 0 Å². The van der Waals surface area contributed by atoms with E-state index in [0.717, 1.165) is 6.42 Å². The molecule has 1 spiro atoms. The van der Waals surface area contributed by atoms with E-state index in [4.69, 9.17) is 5.11 Å². The Morgan fingerprint density at radius 1 is 1.29 bits per heavy atom. The molecule has 0 aromatic carbocycles. The SMILES string of the molecule is CC(C)S(=O)(=O)N1CC2(CCN(C(=O)O)C2)C1. The van der Waals surface area contributed by atoms with Gasteiger partial charge in [-0.25, -0.2) is 17.5 Å². The van der Waals surface area contributed by atoms with E-state index in [-0.39, 0.29) is 5.41 Å². The zero-order valence-electron chi connectivity index (χ0n) is 10.1. The summed E-state index contributed by atoms with van der Waals surface area (Å²) in [5.41, 5.74) is -0.125. The Morgan fingerprint density at radius 2 is 1.88 bits per heavy atom. The van der Waals surface area contributed by atoms with Crippen LogP contribution in [0.15, 0.2) is 0 Å². The summed E-state index contributed by atoms with van der Waals surface area (Å²) in [5, 5.41) is 8.47. The molecule has 2 aliphatic rings. The molecule has 0 aromatic rings. The minimum Gasteiger partial charge on any atom is -0.465 e. The van der Waals surface area contributed by atoms with Crippen LogP contribution in [0.2, 0.25) is 0 Å². The molecular formula is C10H18N2O4S. The van der Waals surface area contributed by atoms with Crippen LogP contribution in [-0.4, -0.2) is 60.3 Å². The van der Waals surface area contributed by atoms with Gasteiger partial charge in [0.2, 0.25) is 10.0 Å². The first-order valence-corrected chi connectivity index (χ1v) is 7.24. The van der Waals surface area contributed by atoms with Crippen molar-refractivity contribution < 1.29 is 18.3 Å². The third kappa shape index (κ3) is 2.01. The first kappa shape index (κ1) is 12.6. The number of carboxylic acid groups (broad SMARTS) is 1. The van der Waals surface area contributed by atoms with Crippen LogP contribution in [0.5, 0.6) is 0 Å². The number of likely N-dealkylation sites (tertiary alicyclic amines) is 1. The fourth-order valence-corrected chi connectivity index (χ4v) is 4.04. The van der Waals surface area contributed by atoms with Crippen LogP contribution in [-0.2, 0) is 10.0 Å². The van der Waals surface area contributed by atoms with E-state index in [1.165, 1.54) is 9.21 Å². The van der Waals surface area contributed by atoms with Gasteiger partial charge >= 0.3 is 6.09 Å². The van der Waals surface area contributed by atoms with Crippen molar-refractivity contribution >= 4 is 16.1 Å². The molecule has 0 bridgehead atoms. The van der Waals surface area contributed by atoms with Crippen molar-refractivity contribution in [2.45, 2.75) is 25.5 Å². The standard InChI is InChI=1S/C10H18N2O4S/c1-8(2)17(15,16)12-6-10(7-12)3-4-11(5-10)9(13)14/h8H,3-7H2,1-2H3,(H,13,14). The molecule has 98 valence electrons. The lowest BCUT2D eigenvalue weighted by atomic mass is 9.81. The van der Waals surface area contributed by atoms with Crippen LogP contribution in [0.1, 0.15) is 20.3 Å². The van der Waals surface area contributed by atoms with E-state index in [0.29, 0.717) is 26.2 Å². The van der Waals surface area contributed by atoms with Gasteiger partial charge in [-0.15, -0.1) is 0 Å². The molecule has 1 N–H and O–H groups in total. The highest BCUT2D eigenvalue weighted by Gasteiger charge is 2.52. The molecule has 0 unspecified atom stereocenters. The molecular weight excluding hydrogens is 244 g/mol. The third-order valence-corrected chi connectivity index (χ3v) is 5.86. The fraction of sp³-hybridized carbons (Fsp3) is 0.900. The van der Waals surface area contributed by atoms with E-state index in [9.17, 15) is 13.2 Å². The maximum Gasteiger partial charge on any atom is 0.407 e. The monoisotopic (exact) mass is 262 g/mol. The Balaban J connectivity index is 1.98. The average Bonchev–Trinajstić information content (AvgIpc) is 2.59. The second-order valence-electron chi connectivity index (χ2n) is 5.32. The molecule has 2 aliphatic heterocycles. The maximum atomic E-state index is 11.9. The number of nitrogens with zero attached hydrogens (tertiary/aromatic N) is 2. The number of rotatable bonds is 2. The third-order valence-electron chi connectivity index (χ3n) is 3.69. The molecule has 2 heterocycles. The number of amides is 1. The van der Waals surface area contributed by atoms with Crippen molar-refractivity contribution in [1.29, 1.82) is 0 Å². The summed E-state index contributed by atoms with van der Waals surface area (Å²) in [4.78, 5) is 12.2. The van der Waals surface area contributed by atoms with Gasteiger partial charge in [-0.3, -0.25) is 0 Å². The lowest BCUT2D eigenvalue weighted by Crippen LogP contribution is -2.60. The zero-order chi connectivity index (χ0) is 12.8. The quantitative estimate of drug-likeness (QED) is 0.782. The van der Waals surface area contributed by atoms with Gasteiger partial charge in [0.05, 0.1) is 5.25 Å². The van der Waals surface area contributed by atoms with Crippen molar-refractivity contribution in [2.75, 3.05) is 26.2 Å². The maximum absolute atomic E-state index is 11.9. The van der Waals surface area contributed by atoms with Crippen LogP contribution in [0, 0.1) is 5.41 Å². The summed E-state index contributed by atoms with van der Waals surface area (Å²) >= 11 is 0. The summed E-state index contributed by atoms with van der Waals surface area (Å²) < 4.78 is 25.2. The van der Waals surface area contributed by atoms with Crippen molar-refractivity contribution in [3.63, 3.8) is 0 Å². The molecule has 0 aliphatic carbocycles. The van der Waals surface area contributed by atoms with Gasteiger partial charge in [-0.2, -0.15) is 0 Å². The first-order valence-electron chi connectivity index (χ1n) is 5.74. The lowest BCUT2D eigenvalue weighted by Gasteiger charge is -2.47. The van der Waals surface area contributed by atoms with E-state index >= 15 is 0 Å². The highest BCUT2D eigenvalue weighted by atomic mass is 32.2. The van der Waals surface area contributed by atoms with Crippen molar-refractivity contribution in [3.8, 4) is 0 Å². The molecule has 17 heavy (non-hydrogen) atoms. The molecule has 0 radical (unpaired) electrons. The normalized spacial score (nSPS) is 24.3. The molecule has 0 atom stereocenters. The van der Waals surface area contributed by atoms with E-state index in [2.05, 4.69) is 0 Å². The van der Waals surface area contributed by atoms with Crippen LogP contribution in [0.3, 0.4) is 0 Å². The van der Waals surface area contributed by atoms with E-state index < -0.39 is 21.4 Å². The van der Waals surface area contributed by atoms with Gasteiger partial charge in [0.25, 0.3) is 0 Å². The summed E-state index contributed by atoms with van der Waals surface area (Å²) in [6, 6.07) is 0. The summed E-state index contributed by atoms with van der Waals surface area (Å²) in [6.45, 7) is 5.25. The van der Waals surface area contributed by atoms with Crippen molar-refractivity contribution in [1.82, 2.24) is 9.21 Å². The van der Waals surface area contributed by atoms with Crippen LogP contribution in [0.25, 0.3) is 0 Å². The number of sulfonamides is 1.